The summed E-state index contributed by atoms with van der Waals surface area (Å²) in [6.07, 6.45) is 2.87. The van der Waals surface area contributed by atoms with Crippen molar-refractivity contribution in [2.75, 3.05) is 6.26 Å². The van der Waals surface area contributed by atoms with Crippen molar-refractivity contribution in [1.29, 1.82) is 10.5 Å². The van der Waals surface area contributed by atoms with Gasteiger partial charge >= 0.3 is 0 Å². The smallest absolute Gasteiger partial charge is 0.189 e. The van der Waals surface area contributed by atoms with Crippen LogP contribution in [0.4, 0.5) is 23.2 Å². The summed E-state index contributed by atoms with van der Waals surface area (Å²) in [6, 6.07) is 1.01. The van der Waals surface area contributed by atoms with Crippen LogP contribution in [0.5, 0.6) is 0 Å². The summed E-state index contributed by atoms with van der Waals surface area (Å²) in [6.45, 7) is 0. The Hall–Kier alpha value is -2.26. The first-order valence-electron chi connectivity index (χ1n) is 4.51. The average Bonchev–Trinajstić information content (AvgIpc) is 2.41. The average molecular weight is 288 g/mol. The number of rotatable bonds is 1. The van der Waals surface area contributed by atoms with Crippen LogP contribution in [0.1, 0.15) is 5.56 Å². The van der Waals surface area contributed by atoms with Gasteiger partial charge in [-0.15, -0.1) is 0 Å². The van der Waals surface area contributed by atoms with Crippen LogP contribution in [0.25, 0.3) is 0 Å². The van der Waals surface area contributed by atoms with Crippen molar-refractivity contribution in [1.82, 2.24) is 5.32 Å². The molecule has 0 aliphatic rings. The summed E-state index contributed by atoms with van der Waals surface area (Å²) >= 11 is 0.802. The van der Waals surface area contributed by atoms with Gasteiger partial charge in [0.25, 0.3) is 0 Å². The van der Waals surface area contributed by atoms with Crippen molar-refractivity contribution in [3.63, 3.8) is 0 Å². The molecule has 0 saturated heterocycles. The van der Waals surface area contributed by atoms with Crippen LogP contribution in [-0.4, -0.2) is 11.4 Å². The van der Waals surface area contributed by atoms with Crippen LogP contribution in [0, 0.1) is 46.1 Å². The van der Waals surface area contributed by atoms with E-state index in [1.165, 1.54) is 12.4 Å². The van der Waals surface area contributed by atoms with Crippen LogP contribution < -0.4 is 5.32 Å². The molecule has 1 rings (SSSR count). The Labute approximate surface area is 109 Å². The van der Waals surface area contributed by atoms with E-state index < -0.39 is 34.5 Å². The molecule has 4 nitrogen and oxygen atoms in total. The Kier molecular flexibility index (Phi) is 4.73. The first-order valence-corrected chi connectivity index (χ1v) is 5.74. The standard InChI is InChI=1S/C10H4F4N4S/c1-19-10(17-3-16)18-9-7(13)5(11)4(2-15)6(12)8(9)14/h1H3,(H,17,18). The topological polar surface area (TPSA) is 72.0 Å². The maximum atomic E-state index is 13.5. The molecular weight excluding hydrogens is 284 g/mol. The highest BCUT2D eigenvalue weighted by molar-refractivity contribution is 8.13. The van der Waals surface area contributed by atoms with Crippen molar-refractivity contribution >= 4 is 22.6 Å². The normalized spacial score (nSPS) is 10.8. The number of nitriles is 2. The molecule has 1 N–H and O–H groups in total. The zero-order chi connectivity index (χ0) is 14.6. The number of hydrogen-bond acceptors (Lipinski definition) is 4. The molecule has 98 valence electrons. The van der Waals surface area contributed by atoms with E-state index in [-0.39, 0.29) is 5.17 Å². The van der Waals surface area contributed by atoms with Gasteiger partial charge in [0.15, 0.2) is 34.6 Å². The lowest BCUT2D eigenvalue weighted by molar-refractivity contribution is 0.454. The summed E-state index contributed by atoms with van der Waals surface area (Å²) in [7, 11) is 0. The van der Waals surface area contributed by atoms with Crippen molar-refractivity contribution in [3.05, 3.63) is 28.8 Å². The molecule has 0 bridgehead atoms. The third-order valence-corrected chi connectivity index (χ3v) is 2.50. The second-order valence-electron chi connectivity index (χ2n) is 2.95. The Balaban J connectivity index is 3.56. The molecule has 0 saturated carbocycles. The number of nitrogens with one attached hydrogen (secondary N) is 1. The maximum Gasteiger partial charge on any atom is 0.189 e. The third-order valence-electron chi connectivity index (χ3n) is 1.92. The fourth-order valence-electron chi connectivity index (χ4n) is 1.09. The first-order chi connectivity index (χ1) is 8.97. The second kappa shape index (κ2) is 6.07. The lowest BCUT2D eigenvalue weighted by atomic mass is 10.1. The highest BCUT2D eigenvalue weighted by Crippen LogP contribution is 2.30. The van der Waals surface area contributed by atoms with Gasteiger partial charge in [-0.1, -0.05) is 11.8 Å². The molecule has 0 fully saturated rings. The number of nitrogens with zero attached hydrogens (tertiary/aromatic N) is 3. The van der Waals surface area contributed by atoms with Crippen molar-refractivity contribution in [3.8, 4) is 12.3 Å². The van der Waals surface area contributed by atoms with E-state index in [0.717, 1.165) is 17.8 Å². The van der Waals surface area contributed by atoms with E-state index in [2.05, 4.69) is 4.99 Å². The summed E-state index contributed by atoms with van der Waals surface area (Å²) in [5, 5.41) is 18.5. The molecule has 1 aromatic carbocycles. The summed E-state index contributed by atoms with van der Waals surface area (Å²) in [5.41, 5.74) is -2.62. The van der Waals surface area contributed by atoms with Gasteiger partial charge in [-0.05, 0) is 6.26 Å². The van der Waals surface area contributed by atoms with E-state index >= 15 is 0 Å². The fourth-order valence-corrected chi connectivity index (χ4v) is 1.42. The minimum Gasteiger partial charge on any atom is -0.271 e. The predicted octanol–water partition coefficient (Wildman–Crippen LogP) is 2.54. The van der Waals surface area contributed by atoms with Crippen LogP contribution in [0.15, 0.2) is 4.99 Å². The van der Waals surface area contributed by atoms with Crippen LogP contribution >= 0.6 is 11.8 Å². The van der Waals surface area contributed by atoms with E-state index in [4.69, 9.17) is 10.5 Å². The van der Waals surface area contributed by atoms with Gasteiger partial charge in [-0.2, -0.15) is 10.5 Å². The van der Waals surface area contributed by atoms with Gasteiger partial charge in [-0.3, -0.25) is 5.32 Å². The van der Waals surface area contributed by atoms with E-state index in [9.17, 15) is 17.6 Å². The number of aliphatic imine (C=N–C) groups is 1. The molecule has 0 aliphatic heterocycles. The van der Waals surface area contributed by atoms with E-state index in [1.54, 1.807) is 0 Å². The minimum atomic E-state index is -1.84. The predicted molar refractivity (Wildman–Crippen MR) is 60.3 cm³/mol. The number of hydrogen-bond donors (Lipinski definition) is 1. The molecule has 0 unspecified atom stereocenters. The van der Waals surface area contributed by atoms with Crippen LogP contribution in [0.3, 0.4) is 0 Å². The van der Waals surface area contributed by atoms with E-state index in [1.807, 2.05) is 5.32 Å². The number of benzene rings is 1. The van der Waals surface area contributed by atoms with E-state index in [0.29, 0.717) is 0 Å². The van der Waals surface area contributed by atoms with Gasteiger partial charge in [0, 0.05) is 0 Å². The highest BCUT2D eigenvalue weighted by Gasteiger charge is 2.25. The van der Waals surface area contributed by atoms with Gasteiger partial charge in [0.2, 0.25) is 0 Å². The molecule has 0 radical (unpaired) electrons. The summed E-state index contributed by atoms with van der Waals surface area (Å²) < 4.78 is 53.5. The van der Waals surface area contributed by atoms with Crippen molar-refractivity contribution < 1.29 is 17.6 Å². The van der Waals surface area contributed by atoms with Crippen molar-refractivity contribution in [2.24, 2.45) is 4.99 Å². The third kappa shape index (κ3) is 2.77. The molecule has 0 atom stereocenters. The Morgan fingerprint density at radius 2 is 1.63 bits per heavy atom. The van der Waals surface area contributed by atoms with Crippen molar-refractivity contribution in [2.45, 2.75) is 0 Å². The molecular formula is C10H4F4N4S. The molecule has 9 heteroatoms. The fraction of sp³-hybridized carbons (Fsp3) is 0.100. The first kappa shape index (κ1) is 14.8. The monoisotopic (exact) mass is 288 g/mol. The molecule has 1 aromatic rings. The number of thioether (sulfide) groups is 1. The Morgan fingerprint density at radius 3 is 2.00 bits per heavy atom. The zero-order valence-corrected chi connectivity index (χ0v) is 10.1. The maximum absolute atomic E-state index is 13.5. The second-order valence-corrected chi connectivity index (χ2v) is 3.74. The zero-order valence-electron chi connectivity index (χ0n) is 9.26. The molecule has 0 heterocycles. The molecule has 0 aliphatic carbocycles. The summed E-state index contributed by atoms with van der Waals surface area (Å²) in [4.78, 5) is 3.27. The number of amidine groups is 1. The Bertz CT molecular complexity index is 601. The van der Waals surface area contributed by atoms with Gasteiger partial charge in [0.1, 0.15) is 17.3 Å². The molecule has 0 spiro atoms. The lowest BCUT2D eigenvalue weighted by Gasteiger charge is -2.06. The van der Waals surface area contributed by atoms with Gasteiger partial charge < -0.3 is 0 Å². The molecule has 19 heavy (non-hydrogen) atoms. The minimum absolute atomic E-state index is 0.260. The van der Waals surface area contributed by atoms with Gasteiger partial charge in [0.05, 0.1) is 0 Å². The van der Waals surface area contributed by atoms with Gasteiger partial charge in [-0.25, -0.2) is 22.6 Å². The Morgan fingerprint density at radius 1 is 1.11 bits per heavy atom. The van der Waals surface area contributed by atoms with Crippen LogP contribution in [-0.2, 0) is 0 Å². The SMILES string of the molecule is CSC(=Nc1c(F)c(F)c(C#N)c(F)c1F)NC#N. The van der Waals surface area contributed by atoms with Crippen LogP contribution in [0.2, 0.25) is 0 Å². The molecule has 0 aromatic heterocycles. The lowest BCUT2D eigenvalue weighted by Crippen LogP contribution is -2.13. The largest absolute Gasteiger partial charge is 0.271 e. The quantitative estimate of drug-likeness (QED) is 0.215. The number of halogens is 4. The highest BCUT2D eigenvalue weighted by atomic mass is 32.2. The molecule has 0 amide bonds. The summed E-state index contributed by atoms with van der Waals surface area (Å²) in [5.74, 6) is -7.28.